The molecular weight excluding hydrogens is 172 g/mol. The van der Waals surface area contributed by atoms with Crippen LogP contribution in [-0.4, -0.2) is 27.2 Å². The number of benzene rings is 1. The van der Waals surface area contributed by atoms with Crippen LogP contribution < -0.4 is 9.80 Å². The molecule has 0 amide bonds. The summed E-state index contributed by atoms with van der Waals surface area (Å²) in [6.07, 6.45) is 0. The summed E-state index contributed by atoms with van der Waals surface area (Å²) in [6.45, 7) is 6.50. The Kier molecular flexibility index (Phi) is 3.81. The Morgan fingerprint density at radius 1 is 1.00 bits per heavy atom. The van der Waals surface area contributed by atoms with Crippen molar-refractivity contribution in [3.05, 3.63) is 24.3 Å². The summed E-state index contributed by atoms with van der Waals surface area (Å²) in [7, 11) is 4.14. The molecule has 0 aliphatic rings. The Morgan fingerprint density at radius 2 is 1.57 bits per heavy atom. The van der Waals surface area contributed by atoms with Crippen LogP contribution in [0.4, 0.5) is 11.4 Å². The van der Waals surface area contributed by atoms with E-state index in [9.17, 15) is 0 Å². The van der Waals surface area contributed by atoms with Gasteiger partial charge in [0.2, 0.25) is 0 Å². The summed E-state index contributed by atoms with van der Waals surface area (Å²) in [4.78, 5) is 4.49. The summed E-state index contributed by atoms with van der Waals surface area (Å²) in [5, 5.41) is 0. The quantitative estimate of drug-likeness (QED) is 0.723. The van der Waals surface area contributed by atoms with Gasteiger partial charge in [0, 0.05) is 38.6 Å². The van der Waals surface area contributed by atoms with Crippen molar-refractivity contribution in [1.82, 2.24) is 0 Å². The highest BCUT2D eigenvalue weighted by Gasteiger charge is 2.02. The lowest BCUT2D eigenvalue weighted by Crippen LogP contribution is -2.22. The second-order valence-corrected chi connectivity index (χ2v) is 3.59. The van der Waals surface area contributed by atoms with E-state index in [-0.39, 0.29) is 0 Å². The maximum absolute atomic E-state index is 2.35. The molecule has 2 nitrogen and oxygen atoms in total. The molecule has 0 heterocycles. The largest absolute Gasteiger partial charge is 0.378 e. The fourth-order valence-corrected chi connectivity index (χ4v) is 1.56. The molecule has 0 aromatic heterocycles. The fraction of sp³-hybridized carbons (Fsp3) is 0.500. The van der Waals surface area contributed by atoms with Crippen LogP contribution in [0.2, 0.25) is 0 Å². The normalized spacial score (nSPS) is 10.0. The van der Waals surface area contributed by atoms with Crippen molar-refractivity contribution in [2.45, 2.75) is 13.8 Å². The van der Waals surface area contributed by atoms with E-state index in [1.54, 1.807) is 0 Å². The van der Waals surface area contributed by atoms with E-state index in [0.717, 1.165) is 13.1 Å². The Labute approximate surface area is 87.1 Å². The standard InChI is InChI=1S/C12H20N2/c1-5-14(6-2)12-9-7-8-11(10-12)13(3)4/h7-10H,5-6H2,1-4H3. The molecule has 1 aromatic rings. The van der Waals surface area contributed by atoms with Crippen molar-refractivity contribution in [2.24, 2.45) is 0 Å². The zero-order chi connectivity index (χ0) is 10.6. The fourth-order valence-electron chi connectivity index (χ4n) is 1.56. The van der Waals surface area contributed by atoms with E-state index in [1.165, 1.54) is 11.4 Å². The first kappa shape index (κ1) is 10.9. The Morgan fingerprint density at radius 3 is 2.07 bits per heavy atom. The van der Waals surface area contributed by atoms with E-state index in [4.69, 9.17) is 0 Å². The summed E-state index contributed by atoms with van der Waals surface area (Å²) in [5.41, 5.74) is 2.57. The Bertz CT molecular complexity index is 277. The van der Waals surface area contributed by atoms with Gasteiger partial charge in [0.05, 0.1) is 0 Å². The van der Waals surface area contributed by atoms with Crippen molar-refractivity contribution in [1.29, 1.82) is 0 Å². The van der Waals surface area contributed by atoms with Crippen LogP contribution in [0, 0.1) is 0 Å². The predicted octanol–water partition coefficient (Wildman–Crippen LogP) is 2.60. The highest BCUT2D eigenvalue weighted by atomic mass is 15.1. The molecule has 0 radical (unpaired) electrons. The van der Waals surface area contributed by atoms with Gasteiger partial charge in [-0.05, 0) is 32.0 Å². The van der Waals surface area contributed by atoms with Crippen molar-refractivity contribution in [3.63, 3.8) is 0 Å². The third kappa shape index (κ3) is 2.41. The number of hydrogen-bond donors (Lipinski definition) is 0. The topological polar surface area (TPSA) is 6.48 Å². The molecule has 0 spiro atoms. The van der Waals surface area contributed by atoms with Gasteiger partial charge >= 0.3 is 0 Å². The number of hydrogen-bond acceptors (Lipinski definition) is 2. The number of nitrogens with zero attached hydrogens (tertiary/aromatic N) is 2. The van der Waals surface area contributed by atoms with Crippen molar-refractivity contribution in [2.75, 3.05) is 37.0 Å². The van der Waals surface area contributed by atoms with Gasteiger partial charge in [-0.2, -0.15) is 0 Å². The summed E-state index contributed by atoms with van der Waals surface area (Å²) >= 11 is 0. The zero-order valence-corrected chi connectivity index (χ0v) is 9.62. The van der Waals surface area contributed by atoms with Crippen LogP contribution in [0.5, 0.6) is 0 Å². The minimum Gasteiger partial charge on any atom is -0.378 e. The van der Waals surface area contributed by atoms with E-state index in [0.29, 0.717) is 0 Å². The van der Waals surface area contributed by atoms with Crippen molar-refractivity contribution >= 4 is 11.4 Å². The van der Waals surface area contributed by atoms with E-state index in [2.05, 4.69) is 62.0 Å². The molecule has 1 aromatic carbocycles. The van der Waals surface area contributed by atoms with Crippen molar-refractivity contribution < 1.29 is 0 Å². The summed E-state index contributed by atoms with van der Waals surface area (Å²) in [5.74, 6) is 0. The first-order chi connectivity index (χ1) is 6.69. The smallest absolute Gasteiger partial charge is 0.0386 e. The molecule has 0 saturated heterocycles. The predicted molar refractivity (Wildman–Crippen MR) is 64.3 cm³/mol. The molecule has 14 heavy (non-hydrogen) atoms. The second-order valence-electron chi connectivity index (χ2n) is 3.59. The molecule has 78 valence electrons. The van der Waals surface area contributed by atoms with Crippen LogP contribution in [0.15, 0.2) is 24.3 Å². The lowest BCUT2D eigenvalue weighted by atomic mass is 10.2. The van der Waals surface area contributed by atoms with Gasteiger partial charge in [0.1, 0.15) is 0 Å². The van der Waals surface area contributed by atoms with Gasteiger partial charge in [0.25, 0.3) is 0 Å². The molecule has 0 atom stereocenters. The van der Waals surface area contributed by atoms with Gasteiger partial charge in [0.15, 0.2) is 0 Å². The molecule has 0 aliphatic carbocycles. The third-order valence-corrected chi connectivity index (χ3v) is 2.47. The van der Waals surface area contributed by atoms with Crippen LogP contribution in [-0.2, 0) is 0 Å². The molecule has 0 N–H and O–H groups in total. The summed E-state index contributed by atoms with van der Waals surface area (Å²) < 4.78 is 0. The Hall–Kier alpha value is -1.18. The maximum atomic E-state index is 2.35. The molecule has 0 aliphatic heterocycles. The second kappa shape index (κ2) is 4.89. The van der Waals surface area contributed by atoms with Gasteiger partial charge in [-0.3, -0.25) is 0 Å². The molecule has 0 fully saturated rings. The number of rotatable bonds is 4. The SMILES string of the molecule is CCN(CC)c1cccc(N(C)C)c1. The zero-order valence-electron chi connectivity index (χ0n) is 9.62. The first-order valence-electron chi connectivity index (χ1n) is 5.21. The van der Waals surface area contributed by atoms with Gasteiger partial charge in [-0.25, -0.2) is 0 Å². The maximum Gasteiger partial charge on any atom is 0.0386 e. The van der Waals surface area contributed by atoms with E-state index in [1.807, 2.05) is 0 Å². The van der Waals surface area contributed by atoms with Crippen LogP contribution in [0.25, 0.3) is 0 Å². The molecular formula is C12H20N2. The minimum atomic E-state index is 1.06. The van der Waals surface area contributed by atoms with Crippen LogP contribution >= 0.6 is 0 Å². The molecule has 0 unspecified atom stereocenters. The highest BCUT2D eigenvalue weighted by molar-refractivity contribution is 5.58. The lowest BCUT2D eigenvalue weighted by molar-refractivity contribution is 0.866. The molecule has 0 bridgehead atoms. The number of anilines is 2. The highest BCUT2D eigenvalue weighted by Crippen LogP contribution is 2.20. The molecule has 0 saturated carbocycles. The summed E-state index contributed by atoms with van der Waals surface area (Å²) in [6, 6.07) is 8.64. The van der Waals surface area contributed by atoms with E-state index < -0.39 is 0 Å². The Balaban J connectivity index is 2.92. The molecule has 2 heteroatoms. The minimum absolute atomic E-state index is 1.06. The van der Waals surface area contributed by atoms with Crippen molar-refractivity contribution in [3.8, 4) is 0 Å². The van der Waals surface area contributed by atoms with E-state index >= 15 is 0 Å². The van der Waals surface area contributed by atoms with Gasteiger partial charge in [-0.1, -0.05) is 6.07 Å². The molecule has 1 rings (SSSR count). The van der Waals surface area contributed by atoms with Gasteiger partial charge < -0.3 is 9.80 Å². The first-order valence-corrected chi connectivity index (χ1v) is 5.21. The average molecular weight is 192 g/mol. The third-order valence-electron chi connectivity index (χ3n) is 2.47. The van der Waals surface area contributed by atoms with Crippen LogP contribution in [0.1, 0.15) is 13.8 Å². The van der Waals surface area contributed by atoms with Gasteiger partial charge in [-0.15, -0.1) is 0 Å². The van der Waals surface area contributed by atoms with Crippen LogP contribution in [0.3, 0.4) is 0 Å². The monoisotopic (exact) mass is 192 g/mol. The lowest BCUT2D eigenvalue weighted by Gasteiger charge is -2.23. The average Bonchev–Trinajstić information content (AvgIpc) is 2.20.